The molecule has 0 bridgehead atoms. The highest BCUT2D eigenvalue weighted by Crippen LogP contribution is 2.17. The second-order valence-corrected chi connectivity index (χ2v) is 4.40. The molecule has 0 aliphatic heterocycles. The monoisotopic (exact) mass is 245 g/mol. The van der Waals surface area contributed by atoms with Gasteiger partial charge in [-0.2, -0.15) is 0 Å². The lowest BCUT2D eigenvalue weighted by atomic mass is 10.3. The summed E-state index contributed by atoms with van der Waals surface area (Å²) in [5, 5.41) is 23.3. The average Bonchev–Trinajstić information content (AvgIpc) is 2.81. The van der Waals surface area contributed by atoms with E-state index in [-0.39, 0.29) is 6.61 Å². The van der Waals surface area contributed by atoms with Gasteiger partial charge >= 0.3 is 0 Å². The zero-order chi connectivity index (χ0) is 11.6. The maximum atomic E-state index is 9.73. The molecule has 1 unspecified atom stereocenters. The van der Waals surface area contributed by atoms with Gasteiger partial charge in [0.05, 0.1) is 13.2 Å². The maximum Gasteiger partial charge on any atom is 0.101 e. The van der Waals surface area contributed by atoms with Gasteiger partial charge in [-0.25, -0.2) is 0 Å². The highest BCUT2D eigenvalue weighted by molar-refractivity contribution is 7.10. The summed E-state index contributed by atoms with van der Waals surface area (Å²) in [6, 6.07) is 3.87. The van der Waals surface area contributed by atoms with Crippen LogP contribution < -0.4 is 5.32 Å². The van der Waals surface area contributed by atoms with Gasteiger partial charge in [-0.15, -0.1) is 11.3 Å². The van der Waals surface area contributed by atoms with Crippen molar-refractivity contribution in [2.75, 3.05) is 32.9 Å². The number of rotatable bonds is 9. The lowest BCUT2D eigenvalue weighted by molar-refractivity contribution is 0.0900. The molecule has 1 atom stereocenters. The summed E-state index contributed by atoms with van der Waals surface area (Å²) in [7, 11) is 0. The van der Waals surface area contributed by atoms with Crippen LogP contribution in [-0.4, -0.2) is 43.1 Å². The maximum absolute atomic E-state index is 9.73. The van der Waals surface area contributed by atoms with Crippen LogP contribution in [0.4, 0.5) is 0 Å². The van der Waals surface area contributed by atoms with Crippen molar-refractivity contribution in [1.82, 2.24) is 5.32 Å². The van der Waals surface area contributed by atoms with Crippen LogP contribution in [0.1, 0.15) is 17.4 Å². The summed E-state index contributed by atoms with van der Waals surface area (Å²) < 4.78 is 5.11. The molecular weight excluding hydrogens is 226 g/mol. The Hall–Kier alpha value is -0.460. The third-order valence-corrected chi connectivity index (χ3v) is 3.06. The van der Waals surface area contributed by atoms with Crippen molar-refractivity contribution in [3.63, 3.8) is 0 Å². The largest absolute Gasteiger partial charge is 0.394 e. The first-order valence-corrected chi connectivity index (χ1v) is 6.33. The van der Waals surface area contributed by atoms with Gasteiger partial charge < -0.3 is 20.3 Å². The summed E-state index contributed by atoms with van der Waals surface area (Å²) in [4.78, 5) is 0.990. The van der Waals surface area contributed by atoms with E-state index >= 15 is 0 Å². The Morgan fingerprint density at radius 1 is 1.44 bits per heavy atom. The van der Waals surface area contributed by atoms with Crippen LogP contribution in [-0.2, 0) is 4.74 Å². The molecule has 5 heteroatoms. The number of nitrogens with one attached hydrogen (secondary N) is 1. The minimum Gasteiger partial charge on any atom is -0.394 e. The molecule has 92 valence electrons. The highest BCUT2D eigenvalue weighted by atomic mass is 32.1. The van der Waals surface area contributed by atoms with Crippen molar-refractivity contribution in [3.05, 3.63) is 22.4 Å². The van der Waals surface area contributed by atoms with Crippen LogP contribution in [0.25, 0.3) is 0 Å². The van der Waals surface area contributed by atoms with E-state index in [1.807, 2.05) is 17.5 Å². The quantitative estimate of drug-likeness (QED) is 0.562. The third kappa shape index (κ3) is 5.58. The normalized spacial score (nSPS) is 12.9. The first-order valence-electron chi connectivity index (χ1n) is 5.45. The molecule has 1 aromatic heterocycles. The van der Waals surface area contributed by atoms with Gasteiger partial charge in [0, 0.05) is 18.0 Å². The number of aliphatic hydroxyl groups is 2. The molecule has 1 aromatic rings. The van der Waals surface area contributed by atoms with E-state index in [0.717, 1.165) is 17.8 Å². The van der Waals surface area contributed by atoms with E-state index < -0.39 is 6.10 Å². The van der Waals surface area contributed by atoms with Crippen molar-refractivity contribution < 1.29 is 14.9 Å². The summed E-state index contributed by atoms with van der Waals surface area (Å²) in [5.74, 6) is 0. The number of hydrogen-bond donors (Lipinski definition) is 3. The fraction of sp³-hybridized carbons (Fsp3) is 0.636. The third-order valence-electron chi connectivity index (χ3n) is 2.09. The fourth-order valence-corrected chi connectivity index (χ4v) is 2.00. The number of aliphatic hydroxyl groups excluding tert-OH is 2. The van der Waals surface area contributed by atoms with Crippen LogP contribution in [0.5, 0.6) is 0 Å². The Morgan fingerprint density at radius 2 is 2.31 bits per heavy atom. The first kappa shape index (κ1) is 13.6. The van der Waals surface area contributed by atoms with E-state index in [1.54, 1.807) is 11.3 Å². The summed E-state index contributed by atoms with van der Waals surface area (Å²) >= 11 is 1.56. The number of thiophene rings is 1. The molecule has 1 heterocycles. The van der Waals surface area contributed by atoms with E-state index in [9.17, 15) is 5.11 Å². The SMILES string of the molecule is OCCOCCCNCC(O)c1cccs1. The smallest absolute Gasteiger partial charge is 0.101 e. The van der Waals surface area contributed by atoms with Gasteiger partial charge in [-0.1, -0.05) is 6.07 Å². The van der Waals surface area contributed by atoms with Crippen LogP contribution in [0.2, 0.25) is 0 Å². The van der Waals surface area contributed by atoms with Crippen molar-refractivity contribution in [3.8, 4) is 0 Å². The molecule has 0 amide bonds. The second-order valence-electron chi connectivity index (χ2n) is 3.42. The second kappa shape index (κ2) is 8.66. The Morgan fingerprint density at radius 3 is 3.00 bits per heavy atom. The average molecular weight is 245 g/mol. The van der Waals surface area contributed by atoms with Crippen molar-refractivity contribution in [1.29, 1.82) is 0 Å². The fourth-order valence-electron chi connectivity index (χ4n) is 1.29. The zero-order valence-electron chi connectivity index (χ0n) is 9.26. The van der Waals surface area contributed by atoms with Gasteiger partial charge in [-0.3, -0.25) is 0 Å². The molecule has 0 fully saturated rings. The minimum absolute atomic E-state index is 0.0739. The molecule has 0 spiro atoms. The van der Waals surface area contributed by atoms with E-state index in [1.165, 1.54) is 0 Å². The van der Waals surface area contributed by atoms with Crippen LogP contribution in [0.3, 0.4) is 0 Å². The van der Waals surface area contributed by atoms with Gasteiger partial charge in [-0.05, 0) is 24.4 Å². The van der Waals surface area contributed by atoms with Crippen LogP contribution in [0.15, 0.2) is 17.5 Å². The number of ether oxygens (including phenoxy) is 1. The Labute approximate surface area is 99.9 Å². The van der Waals surface area contributed by atoms with Gasteiger partial charge in [0.15, 0.2) is 0 Å². The molecule has 4 nitrogen and oxygen atoms in total. The predicted molar refractivity (Wildman–Crippen MR) is 64.7 cm³/mol. The molecular formula is C11H19NO3S. The van der Waals surface area contributed by atoms with Gasteiger partial charge in [0.1, 0.15) is 6.10 Å². The standard InChI is InChI=1S/C11H19NO3S/c13-5-7-15-6-2-4-12-9-10(14)11-3-1-8-16-11/h1,3,8,10,12-14H,2,4-7,9H2. The Balaban J connectivity index is 1.95. The lowest BCUT2D eigenvalue weighted by Crippen LogP contribution is -2.23. The van der Waals surface area contributed by atoms with Crippen LogP contribution in [0, 0.1) is 0 Å². The van der Waals surface area contributed by atoms with Gasteiger partial charge in [0.2, 0.25) is 0 Å². The summed E-state index contributed by atoms with van der Waals surface area (Å²) in [6.07, 6.45) is 0.468. The molecule has 1 rings (SSSR count). The van der Waals surface area contributed by atoms with Crippen molar-refractivity contribution >= 4 is 11.3 Å². The molecule has 0 aliphatic carbocycles. The highest BCUT2D eigenvalue weighted by Gasteiger charge is 2.06. The van der Waals surface area contributed by atoms with E-state index in [4.69, 9.17) is 9.84 Å². The Bertz CT molecular complexity index is 254. The summed E-state index contributed by atoms with van der Waals surface area (Å²) in [6.45, 7) is 2.50. The summed E-state index contributed by atoms with van der Waals surface area (Å²) in [5.41, 5.74) is 0. The predicted octanol–water partition coefficient (Wildman–Crippen LogP) is 0.770. The number of hydrogen-bond acceptors (Lipinski definition) is 5. The van der Waals surface area contributed by atoms with Crippen LogP contribution >= 0.6 is 11.3 Å². The van der Waals surface area contributed by atoms with E-state index in [2.05, 4.69) is 5.32 Å². The molecule has 3 N–H and O–H groups in total. The van der Waals surface area contributed by atoms with Gasteiger partial charge in [0.25, 0.3) is 0 Å². The first-order chi connectivity index (χ1) is 7.84. The van der Waals surface area contributed by atoms with Crippen molar-refractivity contribution in [2.45, 2.75) is 12.5 Å². The zero-order valence-corrected chi connectivity index (χ0v) is 10.1. The molecule has 0 aromatic carbocycles. The lowest BCUT2D eigenvalue weighted by Gasteiger charge is -2.09. The molecule has 0 saturated heterocycles. The molecule has 0 aliphatic rings. The minimum atomic E-state index is -0.418. The molecule has 16 heavy (non-hydrogen) atoms. The molecule has 0 saturated carbocycles. The molecule has 0 radical (unpaired) electrons. The Kier molecular flexibility index (Phi) is 7.37. The van der Waals surface area contributed by atoms with E-state index in [0.29, 0.717) is 19.8 Å². The van der Waals surface area contributed by atoms with Crippen molar-refractivity contribution in [2.24, 2.45) is 0 Å². The topological polar surface area (TPSA) is 61.7 Å².